The number of aryl methyl sites for hydroxylation is 1. The van der Waals surface area contributed by atoms with E-state index in [0.717, 1.165) is 18.4 Å². The van der Waals surface area contributed by atoms with Gasteiger partial charge in [-0.2, -0.15) is 0 Å². The third-order valence-electron chi connectivity index (χ3n) is 3.40. The quantitative estimate of drug-likeness (QED) is 0.796. The number of hydrogen-bond donors (Lipinski definition) is 2. The fraction of sp³-hybridized carbons (Fsp3) is 0.500. The van der Waals surface area contributed by atoms with Crippen molar-refractivity contribution >= 4 is 5.91 Å². The van der Waals surface area contributed by atoms with Gasteiger partial charge in [-0.15, -0.1) is 0 Å². The Balaban J connectivity index is 2.20. The number of hydrogen-bond acceptors (Lipinski definition) is 3. The summed E-state index contributed by atoms with van der Waals surface area (Å²) in [7, 11) is 0. The Labute approximate surface area is 107 Å². The van der Waals surface area contributed by atoms with Crippen LogP contribution in [0.15, 0.2) is 18.2 Å². The molecule has 0 spiro atoms. The van der Waals surface area contributed by atoms with Crippen LogP contribution in [0.4, 0.5) is 0 Å². The van der Waals surface area contributed by atoms with E-state index in [4.69, 9.17) is 0 Å². The molecule has 1 fully saturated rings. The van der Waals surface area contributed by atoms with Gasteiger partial charge in [-0.05, 0) is 50.5 Å². The zero-order valence-corrected chi connectivity index (χ0v) is 10.8. The standard InChI is InChI=1S/C14H19NO3/c1-10-8-11(16)4-5-12(10)13(17)15-7-3-6-14(2,18)9-15/h4-5,8,16,18H,3,6-7,9H2,1-2H3. The van der Waals surface area contributed by atoms with Gasteiger partial charge in [0.25, 0.3) is 5.91 Å². The van der Waals surface area contributed by atoms with Crippen LogP contribution < -0.4 is 0 Å². The minimum Gasteiger partial charge on any atom is -0.508 e. The molecule has 1 aliphatic heterocycles. The second kappa shape index (κ2) is 4.61. The van der Waals surface area contributed by atoms with E-state index in [2.05, 4.69) is 0 Å². The molecule has 0 bridgehead atoms. The van der Waals surface area contributed by atoms with Crippen molar-refractivity contribution in [2.75, 3.05) is 13.1 Å². The van der Waals surface area contributed by atoms with Crippen LogP contribution in [0.1, 0.15) is 35.7 Å². The number of carbonyl (C=O) groups is 1. The number of carbonyl (C=O) groups excluding carboxylic acids is 1. The number of phenolic OH excluding ortho intramolecular Hbond substituents is 1. The van der Waals surface area contributed by atoms with Crippen molar-refractivity contribution < 1.29 is 15.0 Å². The zero-order chi connectivity index (χ0) is 13.3. The average molecular weight is 249 g/mol. The molecule has 0 aliphatic carbocycles. The second-order valence-corrected chi connectivity index (χ2v) is 5.33. The Morgan fingerprint density at radius 1 is 1.44 bits per heavy atom. The summed E-state index contributed by atoms with van der Waals surface area (Å²) in [5, 5.41) is 19.4. The highest BCUT2D eigenvalue weighted by molar-refractivity contribution is 5.95. The van der Waals surface area contributed by atoms with Gasteiger partial charge in [-0.25, -0.2) is 0 Å². The summed E-state index contributed by atoms with van der Waals surface area (Å²) >= 11 is 0. The van der Waals surface area contributed by atoms with Crippen LogP contribution in [-0.4, -0.2) is 39.7 Å². The monoisotopic (exact) mass is 249 g/mol. The molecule has 98 valence electrons. The van der Waals surface area contributed by atoms with E-state index in [1.165, 1.54) is 6.07 Å². The van der Waals surface area contributed by atoms with Crippen LogP contribution in [0.5, 0.6) is 5.75 Å². The Morgan fingerprint density at radius 2 is 2.17 bits per heavy atom. The molecule has 0 radical (unpaired) electrons. The number of nitrogens with zero attached hydrogens (tertiary/aromatic N) is 1. The SMILES string of the molecule is Cc1cc(O)ccc1C(=O)N1CCCC(C)(O)C1. The van der Waals surface area contributed by atoms with E-state index in [9.17, 15) is 15.0 Å². The van der Waals surface area contributed by atoms with Gasteiger partial charge in [0.05, 0.1) is 5.60 Å². The molecule has 2 rings (SSSR count). The topological polar surface area (TPSA) is 60.8 Å². The maximum atomic E-state index is 12.4. The Hall–Kier alpha value is -1.55. The first kappa shape index (κ1) is 12.9. The van der Waals surface area contributed by atoms with Crippen LogP contribution in [0.2, 0.25) is 0 Å². The van der Waals surface area contributed by atoms with Crippen molar-refractivity contribution in [1.82, 2.24) is 4.90 Å². The summed E-state index contributed by atoms with van der Waals surface area (Å²) in [6.07, 6.45) is 1.54. The molecule has 1 aromatic rings. The molecule has 1 atom stereocenters. The predicted octanol–water partition coefficient (Wildman–Crippen LogP) is 1.69. The molecular formula is C14H19NO3. The minimum absolute atomic E-state index is 0.0764. The van der Waals surface area contributed by atoms with Crippen molar-refractivity contribution in [1.29, 1.82) is 0 Å². The third-order valence-corrected chi connectivity index (χ3v) is 3.40. The van der Waals surface area contributed by atoms with Gasteiger partial charge in [0.2, 0.25) is 0 Å². The molecule has 0 aromatic heterocycles. The van der Waals surface area contributed by atoms with Gasteiger partial charge in [0, 0.05) is 18.7 Å². The number of aromatic hydroxyl groups is 1. The van der Waals surface area contributed by atoms with Crippen LogP contribution in [-0.2, 0) is 0 Å². The van der Waals surface area contributed by atoms with Crippen molar-refractivity contribution in [3.05, 3.63) is 29.3 Å². The fourth-order valence-corrected chi connectivity index (χ4v) is 2.45. The van der Waals surface area contributed by atoms with E-state index in [0.29, 0.717) is 18.7 Å². The number of piperidine rings is 1. The molecule has 1 aromatic carbocycles. The van der Waals surface area contributed by atoms with Gasteiger partial charge < -0.3 is 15.1 Å². The van der Waals surface area contributed by atoms with Crippen LogP contribution >= 0.6 is 0 Å². The van der Waals surface area contributed by atoms with Gasteiger partial charge in [-0.1, -0.05) is 0 Å². The van der Waals surface area contributed by atoms with Crippen LogP contribution in [0, 0.1) is 6.92 Å². The lowest BCUT2D eigenvalue weighted by molar-refractivity contribution is -0.0107. The lowest BCUT2D eigenvalue weighted by Crippen LogP contribution is -2.48. The Morgan fingerprint density at radius 3 is 2.78 bits per heavy atom. The first-order chi connectivity index (χ1) is 8.39. The molecule has 0 saturated carbocycles. The first-order valence-electron chi connectivity index (χ1n) is 6.20. The van der Waals surface area contributed by atoms with E-state index in [-0.39, 0.29) is 11.7 Å². The molecule has 18 heavy (non-hydrogen) atoms. The first-order valence-corrected chi connectivity index (χ1v) is 6.20. The van der Waals surface area contributed by atoms with Crippen molar-refractivity contribution in [3.8, 4) is 5.75 Å². The summed E-state index contributed by atoms with van der Waals surface area (Å²) in [5.74, 6) is 0.0853. The van der Waals surface area contributed by atoms with Gasteiger partial charge in [0.15, 0.2) is 0 Å². The summed E-state index contributed by atoms with van der Waals surface area (Å²) in [6.45, 7) is 4.60. The molecule has 4 heteroatoms. The molecule has 1 unspecified atom stereocenters. The molecule has 2 N–H and O–H groups in total. The molecule has 4 nitrogen and oxygen atoms in total. The predicted molar refractivity (Wildman–Crippen MR) is 68.6 cm³/mol. The van der Waals surface area contributed by atoms with Crippen molar-refractivity contribution in [3.63, 3.8) is 0 Å². The van der Waals surface area contributed by atoms with Crippen LogP contribution in [0.3, 0.4) is 0 Å². The van der Waals surface area contributed by atoms with Crippen LogP contribution in [0.25, 0.3) is 0 Å². The molecule has 1 saturated heterocycles. The number of aliphatic hydroxyl groups is 1. The van der Waals surface area contributed by atoms with E-state index in [1.807, 2.05) is 0 Å². The maximum Gasteiger partial charge on any atom is 0.254 e. The molecule has 1 amide bonds. The molecular weight excluding hydrogens is 230 g/mol. The highest BCUT2D eigenvalue weighted by Crippen LogP contribution is 2.23. The van der Waals surface area contributed by atoms with Gasteiger partial charge >= 0.3 is 0 Å². The summed E-state index contributed by atoms with van der Waals surface area (Å²) in [5.41, 5.74) is 0.550. The largest absolute Gasteiger partial charge is 0.508 e. The highest BCUT2D eigenvalue weighted by Gasteiger charge is 2.31. The van der Waals surface area contributed by atoms with E-state index < -0.39 is 5.60 Å². The van der Waals surface area contributed by atoms with Gasteiger partial charge in [0.1, 0.15) is 5.75 Å². The van der Waals surface area contributed by atoms with Gasteiger partial charge in [-0.3, -0.25) is 4.79 Å². The number of amides is 1. The average Bonchev–Trinajstić information content (AvgIpc) is 2.27. The minimum atomic E-state index is -0.793. The highest BCUT2D eigenvalue weighted by atomic mass is 16.3. The molecule has 1 heterocycles. The lowest BCUT2D eigenvalue weighted by atomic mass is 9.94. The summed E-state index contributed by atoms with van der Waals surface area (Å²) in [6, 6.07) is 4.73. The van der Waals surface area contributed by atoms with Crippen molar-refractivity contribution in [2.24, 2.45) is 0 Å². The fourth-order valence-electron chi connectivity index (χ4n) is 2.45. The number of phenols is 1. The number of benzene rings is 1. The second-order valence-electron chi connectivity index (χ2n) is 5.33. The smallest absolute Gasteiger partial charge is 0.254 e. The maximum absolute atomic E-state index is 12.4. The number of rotatable bonds is 1. The Kier molecular flexibility index (Phi) is 3.30. The number of β-amino-alcohol motifs (C(OH)–C–C–N with tert-alkyl or cyclic N) is 1. The summed E-state index contributed by atoms with van der Waals surface area (Å²) < 4.78 is 0. The Bertz CT molecular complexity index is 468. The van der Waals surface area contributed by atoms with Crippen molar-refractivity contribution in [2.45, 2.75) is 32.3 Å². The summed E-state index contributed by atoms with van der Waals surface area (Å²) in [4.78, 5) is 14.0. The van der Waals surface area contributed by atoms with E-state index >= 15 is 0 Å². The zero-order valence-electron chi connectivity index (χ0n) is 10.8. The molecule has 1 aliphatic rings. The van der Waals surface area contributed by atoms with E-state index in [1.54, 1.807) is 30.9 Å². The normalized spacial score (nSPS) is 24.1. The lowest BCUT2D eigenvalue weighted by Gasteiger charge is -2.37. The number of likely N-dealkylation sites (tertiary alicyclic amines) is 1. The third kappa shape index (κ3) is 2.64.